The molecule has 3 nitrogen and oxygen atoms in total. The number of halogens is 2. The van der Waals surface area contributed by atoms with Crippen molar-refractivity contribution in [1.82, 2.24) is 5.32 Å². The molecule has 0 aliphatic rings. The molecule has 0 bridgehead atoms. The molecule has 0 amide bonds. The second-order valence-corrected chi connectivity index (χ2v) is 6.79. The van der Waals surface area contributed by atoms with Gasteiger partial charge in [0.1, 0.15) is 0 Å². The number of unbranched alkanes of at least 4 members (excludes halogenated alkanes) is 1. The van der Waals surface area contributed by atoms with Crippen molar-refractivity contribution in [3.05, 3.63) is 57.2 Å². The van der Waals surface area contributed by atoms with Crippen LogP contribution < -0.4 is 14.8 Å². The van der Waals surface area contributed by atoms with Crippen molar-refractivity contribution >= 4 is 35.0 Å². The summed E-state index contributed by atoms with van der Waals surface area (Å²) in [5.74, 6) is 1.72. The van der Waals surface area contributed by atoms with Crippen LogP contribution in [0.15, 0.2) is 42.5 Å². The Balaban J connectivity index is 0.00000312. The molecule has 0 heterocycles. The maximum Gasteiger partial charge on any atom is 0.174 e. The van der Waals surface area contributed by atoms with Crippen LogP contribution in [0.3, 0.4) is 0 Å². The lowest BCUT2D eigenvalue weighted by atomic mass is 10.2. The van der Waals surface area contributed by atoms with E-state index in [1.54, 1.807) is 0 Å². The van der Waals surface area contributed by atoms with Crippen LogP contribution in [-0.4, -0.2) is 13.2 Å². The Kier molecular flexibility index (Phi) is 10.9. The zero-order valence-electron chi connectivity index (χ0n) is 14.9. The van der Waals surface area contributed by atoms with Gasteiger partial charge in [0.15, 0.2) is 11.5 Å². The lowest BCUT2D eigenvalue weighted by Crippen LogP contribution is -2.13. The lowest BCUT2D eigenvalue weighted by molar-refractivity contribution is 0.270. The lowest BCUT2D eigenvalue weighted by Gasteiger charge is -2.15. The molecule has 1 N–H and O–H groups in total. The van der Waals surface area contributed by atoms with Crippen molar-refractivity contribution < 1.29 is 9.47 Å². The molecule has 2 aromatic carbocycles. The molecule has 0 unspecified atom stereocenters. The molecule has 0 aliphatic heterocycles. The minimum Gasteiger partial charge on any atom is -0.490 e. The van der Waals surface area contributed by atoms with E-state index in [4.69, 9.17) is 9.47 Å². The normalized spacial score (nSPS) is 10.2. The van der Waals surface area contributed by atoms with Gasteiger partial charge >= 0.3 is 0 Å². The van der Waals surface area contributed by atoms with E-state index in [9.17, 15) is 0 Å². The molecular weight excluding hydrogens is 449 g/mol. The fraction of sp³-hybridized carbons (Fsp3) is 0.400. The Morgan fingerprint density at radius 3 is 2.36 bits per heavy atom. The summed E-state index contributed by atoms with van der Waals surface area (Å²) >= 11 is 2.33. The van der Waals surface area contributed by atoms with Crippen LogP contribution in [0.4, 0.5) is 0 Å². The largest absolute Gasteiger partial charge is 0.490 e. The third kappa shape index (κ3) is 7.42. The van der Waals surface area contributed by atoms with Crippen LogP contribution in [0.1, 0.15) is 37.8 Å². The third-order valence-corrected chi connectivity index (χ3v) is 4.42. The van der Waals surface area contributed by atoms with Crippen molar-refractivity contribution in [3.63, 3.8) is 0 Å². The van der Waals surface area contributed by atoms with Crippen molar-refractivity contribution in [2.24, 2.45) is 0 Å². The van der Waals surface area contributed by atoms with E-state index in [2.05, 4.69) is 71.2 Å². The van der Waals surface area contributed by atoms with Gasteiger partial charge in [0, 0.05) is 13.1 Å². The monoisotopic (exact) mass is 475 g/mol. The summed E-state index contributed by atoms with van der Waals surface area (Å²) in [6.07, 6.45) is 2.18. The Hall–Kier alpha value is -0.980. The van der Waals surface area contributed by atoms with Gasteiger partial charge in [-0.1, -0.05) is 43.7 Å². The highest BCUT2D eigenvalue weighted by Crippen LogP contribution is 2.34. The highest BCUT2D eigenvalue weighted by Gasteiger charge is 2.12. The highest BCUT2D eigenvalue weighted by atomic mass is 127. The fourth-order valence-electron chi connectivity index (χ4n) is 2.39. The number of rotatable bonds is 10. The average Bonchev–Trinajstić information content (AvgIpc) is 2.58. The predicted octanol–water partition coefficient (Wildman–Crippen LogP) is 5.58. The molecule has 0 radical (unpaired) electrons. The molecule has 0 aromatic heterocycles. The van der Waals surface area contributed by atoms with Crippen molar-refractivity contribution in [3.8, 4) is 11.5 Å². The second kappa shape index (κ2) is 12.4. The Morgan fingerprint density at radius 2 is 1.68 bits per heavy atom. The van der Waals surface area contributed by atoms with E-state index in [0.717, 1.165) is 47.6 Å². The van der Waals surface area contributed by atoms with E-state index in [0.29, 0.717) is 6.61 Å². The standard InChI is InChI=1S/C20H26INO2.ClH/c1-3-5-11-24-20-18(21)12-17(13-19(20)23-4-2)15-22-14-16-9-7-6-8-10-16;/h6-10,12-13,22H,3-5,11,14-15H2,1-2H3;1H. The first-order valence-corrected chi connectivity index (χ1v) is 9.65. The summed E-state index contributed by atoms with van der Waals surface area (Å²) in [5, 5.41) is 3.49. The molecule has 0 saturated heterocycles. The van der Waals surface area contributed by atoms with Crippen LogP contribution >= 0.6 is 35.0 Å². The molecule has 0 atom stereocenters. The first-order chi connectivity index (χ1) is 11.7. The van der Waals surface area contributed by atoms with E-state index < -0.39 is 0 Å². The fourth-order valence-corrected chi connectivity index (χ4v) is 3.21. The summed E-state index contributed by atoms with van der Waals surface area (Å²) in [4.78, 5) is 0. The molecule has 2 rings (SSSR count). The van der Waals surface area contributed by atoms with E-state index in [1.165, 1.54) is 11.1 Å². The number of benzene rings is 2. The number of hydrogen-bond acceptors (Lipinski definition) is 3. The molecule has 2 aromatic rings. The summed E-state index contributed by atoms with van der Waals surface area (Å²) in [7, 11) is 0. The van der Waals surface area contributed by atoms with Gasteiger partial charge in [-0.2, -0.15) is 0 Å². The molecule has 0 saturated carbocycles. The van der Waals surface area contributed by atoms with Gasteiger partial charge in [0.2, 0.25) is 0 Å². The van der Waals surface area contributed by atoms with Gasteiger partial charge in [0.05, 0.1) is 16.8 Å². The molecule has 0 spiro atoms. The van der Waals surface area contributed by atoms with E-state index in [1.807, 2.05) is 13.0 Å². The van der Waals surface area contributed by atoms with E-state index in [-0.39, 0.29) is 12.4 Å². The molecule has 0 aliphatic carbocycles. The molecule has 25 heavy (non-hydrogen) atoms. The maximum atomic E-state index is 5.94. The second-order valence-electron chi connectivity index (χ2n) is 5.63. The third-order valence-electron chi connectivity index (χ3n) is 3.61. The molecule has 0 fully saturated rings. The van der Waals surface area contributed by atoms with Crippen LogP contribution in [0.2, 0.25) is 0 Å². The average molecular weight is 476 g/mol. The molecule has 5 heteroatoms. The Labute approximate surface area is 171 Å². The summed E-state index contributed by atoms with van der Waals surface area (Å²) < 4.78 is 12.8. The van der Waals surface area contributed by atoms with Crippen molar-refractivity contribution in [1.29, 1.82) is 0 Å². The van der Waals surface area contributed by atoms with Crippen molar-refractivity contribution in [2.75, 3.05) is 13.2 Å². The van der Waals surface area contributed by atoms with Crippen LogP contribution in [0.25, 0.3) is 0 Å². The van der Waals surface area contributed by atoms with Crippen LogP contribution in [0.5, 0.6) is 11.5 Å². The van der Waals surface area contributed by atoms with E-state index >= 15 is 0 Å². The minimum atomic E-state index is 0. The number of ether oxygens (including phenoxy) is 2. The first kappa shape index (κ1) is 22.1. The van der Waals surface area contributed by atoms with Crippen LogP contribution in [-0.2, 0) is 13.1 Å². The van der Waals surface area contributed by atoms with Gasteiger partial charge < -0.3 is 14.8 Å². The topological polar surface area (TPSA) is 30.5 Å². The van der Waals surface area contributed by atoms with Gasteiger partial charge in [-0.05, 0) is 59.2 Å². The SMILES string of the molecule is CCCCOc1c(I)cc(CNCc2ccccc2)cc1OCC.Cl. The van der Waals surface area contributed by atoms with Crippen LogP contribution in [0, 0.1) is 3.57 Å². The first-order valence-electron chi connectivity index (χ1n) is 8.57. The maximum absolute atomic E-state index is 5.94. The smallest absolute Gasteiger partial charge is 0.174 e. The number of nitrogens with one attached hydrogen (secondary N) is 1. The molecule has 138 valence electrons. The van der Waals surface area contributed by atoms with Gasteiger partial charge in [-0.15, -0.1) is 12.4 Å². The predicted molar refractivity (Wildman–Crippen MR) is 115 cm³/mol. The van der Waals surface area contributed by atoms with Crippen molar-refractivity contribution in [2.45, 2.75) is 39.8 Å². The zero-order chi connectivity index (χ0) is 17.2. The summed E-state index contributed by atoms with van der Waals surface area (Å²) in [6, 6.07) is 14.7. The zero-order valence-corrected chi connectivity index (χ0v) is 17.9. The van der Waals surface area contributed by atoms with Gasteiger partial charge in [-0.25, -0.2) is 0 Å². The quantitative estimate of drug-likeness (QED) is 0.359. The van der Waals surface area contributed by atoms with Gasteiger partial charge in [0.25, 0.3) is 0 Å². The summed E-state index contributed by atoms with van der Waals surface area (Å²) in [6.45, 7) is 7.21. The Morgan fingerprint density at radius 1 is 0.960 bits per heavy atom. The molecular formula is C20H27ClINO2. The van der Waals surface area contributed by atoms with Gasteiger partial charge in [-0.3, -0.25) is 0 Å². The highest BCUT2D eigenvalue weighted by molar-refractivity contribution is 14.1. The minimum absolute atomic E-state index is 0. The number of hydrogen-bond donors (Lipinski definition) is 1. The Bertz CT molecular complexity index is 623. The summed E-state index contributed by atoms with van der Waals surface area (Å²) in [5.41, 5.74) is 2.50.